The van der Waals surface area contributed by atoms with Crippen molar-refractivity contribution < 1.29 is 27.8 Å². The molecule has 2 rings (SSSR count). The van der Waals surface area contributed by atoms with Gasteiger partial charge in [-0.05, 0) is 24.6 Å². The zero-order valence-electron chi connectivity index (χ0n) is 11.6. The monoisotopic (exact) mass is 315 g/mol. The molecular formula is C13H17NO6S. The van der Waals surface area contributed by atoms with Gasteiger partial charge in [0.05, 0.1) is 18.6 Å². The van der Waals surface area contributed by atoms with E-state index < -0.39 is 16.0 Å². The van der Waals surface area contributed by atoms with Crippen molar-refractivity contribution in [3.63, 3.8) is 0 Å². The molecule has 1 fully saturated rings. The van der Waals surface area contributed by atoms with Gasteiger partial charge in [0.2, 0.25) is 10.0 Å². The quantitative estimate of drug-likeness (QED) is 0.883. The predicted octanol–water partition coefficient (Wildman–Crippen LogP) is 0.804. The Hall–Kier alpha value is -1.64. The van der Waals surface area contributed by atoms with Gasteiger partial charge >= 0.3 is 5.97 Å². The van der Waals surface area contributed by atoms with E-state index in [1.54, 1.807) is 0 Å². The maximum absolute atomic E-state index is 12.6. The smallest absolute Gasteiger partial charge is 0.339 e. The summed E-state index contributed by atoms with van der Waals surface area (Å²) in [6, 6.07) is 3.83. The average Bonchev–Trinajstić information content (AvgIpc) is 2.76. The van der Waals surface area contributed by atoms with E-state index in [-0.39, 0.29) is 22.8 Å². The minimum atomic E-state index is -3.73. The number of benzene rings is 1. The van der Waals surface area contributed by atoms with Gasteiger partial charge in [-0.15, -0.1) is 0 Å². The van der Waals surface area contributed by atoms with Crippen LogP contribution < -0.4 is 4.74 Å². The first kappa shape index (κ1) is 15.7. The molecule has 1 N–H and O–H groups in total. The molecule has 0 amide bonds. The maximum Gasteiger partial charge on any atom is 0.339 e. The van der Waals surface area contributed by atoms with E-state index in [1.165, 1.54) is 23.5 Å². The second kappa shape index (κ2) is 6.42. The number of carboxylic acid groups (broad SMARTS) is 1. The molecule has 21 heavy (non-hydrogen) atoms. The lowest BCUT2D eigenvalue weighted by Gasteiger charge is -2.19. The minimum absolute atomic E-state index is 0.0531. The summed E-state index contributed by atoms with van der Waals surface area (Å²) >= 11 is 0. The zero-order valence-corrected chi connectivity index (χ0v) is 12.4. The van der Waals surface area contributed by atoms with Crippen molar-refractivity contribution >= 4 is 16.0 Å². The Morgan fingerprint density at radius 1 is 1.33 bits per heavy atom. The second-order valence-electron chi connectivity index (χ2n) is 4.54. The molecule has 1 heterocycles. The third-order valence-electron chi connectivity index (χ3n) is 3.22. The number of sulfonamides is 1. The molecular weight excluding hydrogens is 298 g/mol. The largest absolute Gasteiger partial charge is 0.496 e. The first-order chi connectivity index (χ1) is 9.96. The van der Waals surface area contributed by atoms with Crippen LogP contribution in [0.5, 0.6) is 5.75 Å². The second-order valence-corrected chi connectivity index (χ2v) is 6.48. The summed E-state index contributed by atoms with van der Waals surface area (Å²) in [7, 11) is -2.40. The Balaban J connectivity index is 2.39. The molecule has 0 aliphatic carbocycles. The van der Waals surface area contributed by atoms with Gasteiger partial charge in [-0.2, -0.15) is 4.31 Å². The van der Waals surface area contributed by atoms with E-state index in [1.807, 2.05) is 0 Å². The summed E-state index contributed by atoms with van der Waals surface area (Å²) in [6.45, 7) is 1.48. The highest BCUT2D eigenvalue weighted by molar-refractivity contribution is 7.89. The molecule has 1 aliphatic rings. The van der Waals surface area contributed by atoms with Crippen LogP contribution in [0.25, 0.3) is 0 Å². The van der Waals surface area contributed by atoms with Gasteiger partial charge in [-0.25, -0.2) is 13.2 Å². The summed E-state index contributed by atoms with van der Waals surface area (Å²) in [6.07, 6.45) is 0.612. The third-order valence-corrected chi connectivity index (χ3v) is 5.11. The highest BCUT2D eigenvalue weighted by atomic mass is 32.2. The van der Waals surface area contributed by atoms with E-state index in [4.69, 9.17) is 14.6 Å². The molecule has 7 nitrogen and oxygen atoms in total. The van der Waals surface area contributed by atoms with Crippen LogP contribution in [0.15, 0.2) is 23.1 Å². The lowest BCUT2D eigenvalue weighted by Crippen LogP contribution is -2.33. The normalized spacial score (nSPS) is 17.2. The molecule has 0 aromatic heterocycles. The molecule has 1 saturated heterocycles. The van der Waals surface area contributed by atoms with Gasteiger partial charge in [0.1, 0.15) is 11.3 Å². The number of carboxylic acids is 1. The van der Waals surface area contributed by atoms with Crippen molar-refractivity contribution in [1.29, 1.82) is 0 Å². The van der Waals surface area contributed by atoms with Crippen LogP contribution in [0.3, 0.4) is 0 Å². The van der Waals surface area contributed by atoms with Crippen LogP contribution in [0.1, 0.15) is 16.8 Å². The Kier molecular flexibility index (Phi) is 4.81. The van der Waals surface area contributed by atoms with E-state index >= 15 is 0 Å². The van der Waals surface area contributed by atoms with E-state index in [2.05, 4.69) is 0 Å². The Bertz CT molecular complexity index is 620. The number of nitrogens with zero attached hydrogens (tertiary/aromatic N) is 1. The lowest BCUT2D eigenvalue weighted by atomic mass is 10.2. The van der Waals surface area contributed by atoms with Gasteiger partial charge < -0.3 is 14.6 Å². The molecule has 1 aromatic rings. The van der Waals surface area contributed by atoms with Crippen molar-refractivity contribution in [2.24, 2.45) is 0 Å². The van der Waals surface area contributed by atoms with Crippen molar-refractivity contribution in [3.8, 4) is 5.75 Å². The summed E-state index contributed by atoms with van der Waals surface area (Å²) in [5, 5.41) is 9.13. The lowest BCUT2D eigenvalue weighted by molar-refractivity contribution is 0.0693. The van der Waals surface area contributed by atoms with Gasteiger partial charge in [-0.3, -0.25) is 0 Å². The molecule has 0 atom stereocenters. The van der Waals surface area contributed by atoms with Gasteiger partial charge in [0, 0.05) is 19.7 Å². The molecule has 0 bridgehead atoms. The SMILES string of the molecule is COc1ccc(S(=O)(=O)N2CCCOCC2)cc1C(=O)O. The molecule has 1 aliphatic heterocycles. The molecule has 0 radical (unpaired) electrons. The van der Waals surface area contributed by atoms with E-state index in [0.717, 1.165) is 6.07 Å². The number of hydrogen-bond acceptors (Lipinski definition) is 5. The summed E-state index contributed by atoms with van der Waals surface area (Å²) < 4.78 is 36.6. The van der Waals surface area contributed by atoms with Gasteiger partial charge in [-0.1, -0.05) is 0 Å². The van der Waals surface area contributed by atoms with E-state index in [9.17, 15) is 13.2 Å². The maximum atomic E-state index is 12.6. The summed E-state index contributed by atoms with van der Waals surface area (Å²) in [5.74, 6) is -1.11. The van der Waals surface area contributed by atoms with Crippen molar-refractivity contribution in [2.45, 2.75) is 11.3 Å². The number of rotatable bonds is 4. The highest BCUT2D eigenvalue weighted by Gasteiger charge is 2.27. The first-order valence-electron chi connectivity index (χ1n) is 6.46. The van der Waals surface area contributed by atoms with Crippen LogP contribution >= 0.6 is 0 Å². The van der Waals surface area contributed by atoms with Crippen LogP contribution in [0.2, 0.25) is 0 Å². The van der Waals surface area contributed by atoms with Crippen LogP contribution in [-0.4, -0.2) is 57.2 Å². The molecule has 1 aromatic carbocycles. The Labute approximate surface area is 123 Å². The van der Waals surface area contributed by atoms with Crippen molar-refractivity contribution in [3.05, 3.63) is 23.8 Å². The minimum Gasteiger partial charge on any atom is -0.496 e. The zero-order chi connectivity index (χ0) is 15.5. The van der Waals surface area contributed by atoms with Crippen molar-refractivity contribution in [2.75, 3.05) is 33.4 Å². The van der Waals surface area contributed by atoms with Crippen LogP contribution in [0, 0.1) is 0 Å². The topological polar surface area (TPSA) is 93.1 Å². The fourth-order valence-corrected chi connectivity index (χ4v) is 3.62. The Morgan fingerprint density at radius 3 is 2.76 bits per heavy atom. The molecule has 116 valence electrons. The van der Waals surface area contributed by atoms with Crippen molar-refractivity contribution in [1.82, 2.24) is 4.31 Å². The molecule has 0 saturated carbocycles. The number of carbonyl (C=O) groups is 1. The van der Waals surface area contributed by atoms with E-state index in [0.29, 0.717) is 26.2 Å². The predicted molar refractivity (Wildman–Crippen MR) is 74.1 cm³/mol. The standard InChI is InChI=1S/C13H17NO6S/c1-19-12-4-3-10(9-11(12)13(15)16)21(17,18)14-5-2-7-20-8-6-14/h3-4,9H,2,5-8H2,1H3,(H,15,16). The highest BCUT2D eigenvalue weighted by Crippen LogP contribution is 2.25. The molecule has 0 spiro atoms. The van der Waals surface area contributed by atoms with Crippen LogP contribution in [0.4, 0.5) is 0 Å². The number of methoxy groups -OCH3 is 1. The Morgan fingerprint density at radius 2 is 2.10 bits per heavy atom. The average molecular weight is 315 g/mol. The fraction of sp³-hybridized carbons (Fsp3) is 0.462. The number of aromatic carboxylic acids is 1. The van der Waals surface area contributed by atoms with Gasteiger partial charge in [0.25, 0.3) is 0 Å². The number of hydrogen-bond donors (Lipinski definition) is 1. The summed E-state index contributed by atoms with van der Waals surface area (Å²) in [5.41, 5.74) is -0.176. The fourth-order valence-electron chi connectivity index (χ4n) is 2.13. The summed E-state index contributed by atoms with van der Waals surface area (Å²) in [4.78, 5) is 11.1. The number of ether oxygens (including phenoxy) is 2. The first-order valence-corrected chi connectivity index (χ1v) is 7.90. The third kappa shape index (κ3) is 3.34. The molecule has 0 unspecified atom stereocenters. The van der Waals surface area contributed by atoms with Gasteiger partial charge in [0.15, 0.2) is 0 Å². The van der Waals surface area contributed by atoms with Crippen LogP contribution in [-0.2, 0) is 14.8 Å². The molecule has 8 heteroatoms.